The number of benzene rings is 2. The van der Waals surface area contributed by atoms with Crippen LogP contribution < -0.4 is 14.4 Å². The van der Waals surface area contributed by atoms with Gasteiger partial charge in [-0.3, -0.25) is 9.59 Å². The van der Waals surface area contributed by atoms with E-state index >= 15 is 0 Å². The number of amides is 2. The van der Waals surface area contributed by atoms with E-state index in [-0.39, 0.29) is 24.0 Å². The molecule has 0 spiro atoms. The summed E-state index contributed by atoms with van der Waals surface area (Å²) in [4.78, 5) is 29.6. The minimum absolute atomic E-state index is 0.0277. The number of methoxy groups -OCH3 is 1. The second kappa shape index (κ2) is 12.0. The molecule has 198 valence electrons. The van der Waals surface area contributed by atoms with E-state index in [1.165, 1.54) is 6.42 Å². The molecule has 3 aliphatic rings. The van der Waals surface area contributed by atoms with Crippen LogP contribution in [0.5, 0.6) is 11.5 Å². The van der Waals surface area contributed by atoms with Gasteiger partial charge in [0.15, 0.2) is 11.5 Å². The molecule has 2 amide bonds. The lowest BCUT2D eigenvalue weighted by Gasteiger charge is -2.30. The van der Waals surface area contributed by atoms with Crippen molar-refractivity contribution >= 4 is 17.5 Å². The van der Waals surface area contributed by atoms with Crippen molar-refractivity contribution in [3.05, 3.63) is 53.6 Å². The third-order valence-electron chi connectivity index (χ3n) is 7.81. The van der Waals surface area contributed by atoms with Gasteiger partial charge in [0, 0.05) is 43.4 Å². The molecule has 2 aromatic carbocycles. The first-order valence-electron chi connectivity index (χ1n) is 13.7. The highest BCUT2D eigenvalue weighted by atomic mass is 16.5. The minimum atomic E-state index is 0.0277. The molecule has 0 aromatic heterocycles. The van der Waals surface area contributed by atoms with Gasteiger partial charge in [0.1, 0.15) is 6.61 Å². The second-order valence-electron chi connectivity index (χ2n) is 10.4. The van der Waals surface area contributed by atoms with Gasteiger partial charge in [0.25, 0.3) is 5.91 Å². The maximum absolute atomic E-state index is 13.7. The Balaban J connectivity index is 1.29. The highest BCUT2D eigenvalue weighted by molar-refractivity contribution is 5.97. The zero-order valence-electron chi connectivity index (χ0n) is 21.8. The maximum Gasteiger partial charge on any atom is 0.254 e. The maximum atomic E-state index is 13.7. The Bertz CT molecular complexity index is 1070. The summed E-state index contributed by atoms with van der Waals surface area (Å²) in [6.07, 6.45) is 9.25. The number of hydrogen-bond donors (Lipinski definition) is 0. The van der Waals surface area contributed by atoms with Gasteiger partial charge >= 0.3 is 0 Å². The molecule has 1 saturated carbocycles. The Morgan fingerprint density at radius 3 is 2.46 bits per heavy atom. The van der Waals surface area contributed by atoms with Crippen molar-refractivity contribution in [2.75, 3.05) is 31.8 Å². The molecule has 0 radical (unpaired) electrons. The van der Waals surface area contributed by atoms with Gasteiger partial charge in [-0.15, -0.1) is 0 Å². The molecule has 2 heterocycles. The molecule has 3 fully saturated rings. The van der Waals surface area contributed by atoms with Crippen molar-refractivity contribution in [3.63, 3.8) is 0 Å². The lowest BCUT2D eigenvalue weighted by atomic mass is 10.1. The van der Waals surface area contributed by atoms with Crippen LogP contribution in [0.3, 0.4) is 0 Å². The first-order valence-corrected chi connectivity index (χ1v) is 13.7. The SMILES string of the molecule is COc1cc(CN(C(=O)c2ccc(N3CCCC3=O)cc2)C2CCCC2)ccc1OC[C@H]1CCCCO1. The van der Waals surface area contributed by atoms with E-state index in [0.29, 0.717) is 36.6 Å². The molecule has 2 aromatic rings. The minimum Gasteiger partial charge on any atom is -0.493 e. The monoisotopic (exact) mass is 506 g/mol. The normalized spacial score (nSPS) is 20.3. The quantitative estimate of drug-likeness (QED) is 0.458. The third-order valence-corrected chi connectivity index (χ3v) is 7.81. The van der Waals surface area contributed by atoms with E-state index in [0.717, 1.165) is 69.3 Å². The average molecular weight is 507 g/mol. The molecule has 5 rings (SSSR count). The van der Waals surface area contributed by atoms with Crippen molar-refractivity contribution in [3.8, 4) is 11.5 Å². The Labute approximate surface area is 219 Å². The van der Waals surface area contributed by atoms with Crippen molar-refractivity contribution < 1.29 is 23.8 Å². The lowest BCUT2D eigenvalue weighted by molar-refractivity contribution is -0.117. The van der Waals surface area contributed by atoms with E-state index in [1.54, 1.807) is 12.0 Å². The molecular weight excluding hydrogens is 468 g/mol. The summed E-state index contributed by atoms with van der Waals surface area (Å²) < 4.78 is 17.5. The Kier molecular flexibility index (Phi) is 8.29. The highest BCUT2D eigenvalue weighted by Gasteiger charge is 2.29. The fourth-order valence-corrected chi connectivity index (χ4v) is 5.70. The van der Waals surface area contributed by atoms with Crippen LogP contribution in [0.15, 0.2) is 42.5 Å². The molecule has 2 saturated heterocycles. The summed E-state index contributed by atoms with van der Waals surface area (Å²) in [5.41, 5.74) is 2.53. The van der Waals surface area contributed by atoms with Crippen molar-refractivity contribution in [1.29, 1.82) is 0 Å². The Hall–Kier alpha value is -3.06. The van der Waals surface area contributed by atoms with Gasteiger partial charge in [-0.1, -0.05) is 18.9 Å². The first-order chi connectivity index (χ1) is 18.1. The van der Waals surface area contributed by atoms with Crippen molar-refractivity contribution in [1.82, 2.24) is 4.90 Å². The van der Waals surface area contributed by atoms with Crippen molar-refractivity contribution in [2.45, 2.75) is 76.5 Å². The number of ether oxygens (including phenoxy) is 3. The zero-order chi connectivity index (χ0) is 25.6. The molecule has 7 nitrogen and oxygen atoms in total. The Morgan fingerprint density at radius 2 is 1.78 bits per heavy atom. The summed E-state index contributed by atoms with van der Waals surface area (Å²) in [6.45, 7) is 2.57. The molecule has 1 aliphatic carbocycles. The first kappa shape index (κ1) is 25.6. The zero-order valence-corrected chi connectivity index (χ0v) is 21.8. The molecule has 0 bridgehead atoms. The van der Waals surface area contributed by atoms with Crippen LogP contribution in [0, 0.1) is 0 Å². The molecule has 7 heteroatoms. The number of carbonyl (C=O) groups excluding carboxylic acids is 2. The summed E-state index contributed by atoms with van der Waals surface area (Å²) in [5, 5.41) is 0. The lowest BCUT2D eigenvalue weighted by Crippen LogP contribution is -2.38. The summed E-state index contributed by atoms with van der Waals surface area (Å²) in [6, 6.07) is 13.7. The van der Waals surface area contributed by atoms with Crippen LogP contribution in [-0.2, 0) is 16.1 Å². The number of rotatable bonds is 9. The smallest absolute Gasteiger partial charge is 0.254 e. The van der Waals surface area contributed by atoms with Crippen LogP contribution in [-0.4, -0.2) is 55.7 Å². The van der Waals surface area contributed by atoms with Crippen LogP contribution in [0.25, 0.3) is 0 Å². The van der Waals surface area contributed by atoms with E-state index in [1.807, 2.05) is 47.4 Å². The van der Waals surface area contributed by atoms with E-state index < -0.39 is 0 Å². The summed E-state index contributed by atoms with van der Waals surface area (Å²) >= 11 is 0. The topological polar surface area (TPSA) is 68.3 Å². The average Bonchev–Trinajstić information content (AvgIpc) is 3.63. The predicted molar refractivity (Wildman–Crippen MR) is 142 cm³/mol. The van der Waals surface area contributed by atoms with Gasteiger partial charge in [-0.05, 0) is 80.5 Å². The highest BCUT2D eigenvalue weighted by Crippen LogP contribution is 2.32. The third kappa shape index (κ3) is 6.09. The number of anilines is 1. The van der Waals surface area contributed by atoms with E-state index in [4.69, 9.17) is 14.2 Å². The fourth-order valence-electron chi connectivity index (χ4n) is 5.70. The Morgan fingerprint density at radius 1 is 1.00 bits per heavy atom. The van der Waals surface area contributed by atoms with Gasteiger partial charge in [-0.25, -0.2) is 0 Å². The molecule has 1 atom stereocenters. The second-order valence-corrected chi connectivity index (χ2v) is 10.4. The predicted octanol–water partition coefficient (Wildman–Crippen LogP) is 5.35. The summed E-state index contributed by atoms with van der Waals surface area (Å²) in [7, 11) is 1.65. The standard InChI is InChI=1S/C30H38N2O5/c1-35-28-19-22(11-16-27(28)37-21-26-9-4-5-18-36-26)20-32(24-7-2-3-8-24)30(34)23-12-14-25(15-13-23)31-17-6-10-29(31)33/h11-16,19,24,26H,2-10,17-18,20-21H2,1H3/t26-/m1/s1. The van der Waals surface area contributed by atoms with Gasteiger partial charge < -0.3 is 24.0 Å². The van der Waals surface area contributed by atoms with Crippen LogP contribution in [0.2, 0.25) is 0 Å². The van der Waals surface area contributed by atoms with Gasteiger partial charge in [-0.2, -0.15) is 0 Å². The van der Waals surface area contributed by atoms with Gasteiger partial charge in [0.05, 0.1) is 13.2 Å². The molecule has 0 unspecified atom stereocenters. The fraction of sp³-hybridized carbons (Fsp3) is 0.533. The number of hydrogen-bond acceptors (Lipinski definition) is 5. The van der Waals surface area contributed by atoms with Crippen LogP contribution >= 0.6 is 0 Å². The van der Waals surface area contributed by atoms with E-state index in [2.05, 4.69) is 0 Å². The molecule has 0 N–H and O–H groups in total. The molecule has 37 heavy (non-hydrogen) atoms. The van der Waals surface area contributed by atoms with Crippen LogP contribution in [0.1, 0.15) is 73.7 Å². The molecule has 2 aliphatic heterocycles. The summed E-state index contributed by atoms with van der Waals surface area (Å²) in [5.74, 6) is 1.55. The number of nitrogens with zero attached hydrogens (tertiary/aromatic N) is 2. The van der Waals surface area contributed by atoms with Crippen LogP contribution in [0.4, 0.5) is 5.69 Å². The number of carbonyl (C=O) groups is 2. The van der Waals surface area contributed by atoms with E-state index in [9.17, 15) is 9.59 Å². The van der Waals surface area contributed by atoms with Crippen molar-refractivity contribution in [2.24, 2.45) is 0 Å². The van der Waals surface area contributed by atoms with Gasteiger partial charge in [0.2, 0.25) is 5.91 Å². The largest absolute Gasteiger partial charge is 0.493 e. The molecular formula is C30H38N2O5.